The molecule has 1 N–H and O–H groups in total. The fraction of sp³-hybridized carbons (Fsp3) is 0.125. The van der Waals surface area contributed by atoms with Gasteiger partial charge in [0.25, 0.3) is 0 Å². The third-order valence-corrected chi connectivity index (χ3v) is 1.46. The van der Waals surface area contributed by atoms with Crippen molar-refractivity contribution in [2.75, 3.05) is 0 Å². The van der Waals surface area contributed by atoms with Crippen molar-refractivity contribution in [3.05, 3.63) is 29.3 Å². The molecule has 0 aromatic heterocycles. The third kappa shape index (κ3) is 1.42. The smallest absolute Gasteiger partial charge is 0.200 e. The first kappa shape index (κ1) is 8.64. The van der Waals surface area contributed by atoms with Crippen LogP contribution in [-0.2, 0) is 11.2 Å². The van der Waals surface area contributed by atoms with E-state index in [1.54, 1.807) is 0 Å². The second kappa shape index (κ2) is 3.30. The highest BCUT2D eigenvalue weighted by Crippen LogP contribution is 2.23. The lowest BCUT2D eigenvalue weighted by atomic mass is 10.1. The Bertz CT molecular complexity index is 310. The molecule has 1 aromatic carbocycles. The average molecular weight is 172 g/mol. The number of phenols is 1. The maximum atomic E-state index is 12.6. The summed E-state index contributed by atoms with van der Waals surface area (Å²) in [5.41, 5.74) is 0.0869. The lowest BCUT2D eigenvalue weighted by Gasteiger charge is -2.01. The standard InChI is InChI=1S/C8H6F2O2/c9-6-2-1-5(3-4-11)8(12)7(6)10/h1-2,4,12H,3H2. The zero-order valence-electron chi connectivity index (χ0n) is 6.05. The normalized spacial score (nSPS) is 9.83. The molecule has 0 unspecified atom stereocenters. The molecule has 0 radical (unpaired) electrons. The molecule has 0 aliphatic heterocycles. The van der Waals surface area contributed by atoms with Crippen molar-refractivity contribution in [1.82, 2.24) is 0 Å². The van der Waals surface area contributed by atoms with E-state index in [0.717, 1.165) is 6.07 Å². The van der Waals surface area contributed by atoms with Crippen molar-refractivity contribution in [1.29, 1.82) is 0 Å². The van der Waals surface area contributed by atoms with Crippen molar-refractivity contribution in [3.8, 4) is 5.75 Å². The largest absolute Gasteiger partial charge is 0.505 e. The van der Waals surface area contributed by atoms with E-state index >= 15 is 0 Å². The van der Waals surface area contributed by atoms with E-state index in [9.17, 15) is 13.6 Å². The van der Waals surface area contributed by atoms with Gasteiger partial charge in [-0.2, -0.15) is 4.39 Å². The molecule has 64 valence electrons. The SMILES string of the molecule is O=CCc1ccc(F)c(F)c1O. The summed E-state index contributed by atoms with van der Waals surface area (Å²) in [5.74, 6) is -3.22. The number of hydrogen-bond acceptors (Lipinski definition) is 2. The van der Waals surface area contributed by atoms with Crippen molar-refractivity contribution in [2.24, 2.45) is 0 Å². The molecule has 0 bridgehead atoms. The first-order valence-corrected chi connectivity index (χ1v) is 3.26. The van der Waals surface area contributed by atoms with Crippen LogP contribution in [0.25, 0.3) is 0 Å². The van der Waals surface area contributed by atoms with Crippen LogP contribution >= 0.6 is 0 Å². The second-order valence-corrected chi connectivity index (χ2v) is 2.24. The van der Waals surface area contributed by atoms with E-state index < -0.39 is 17.4 Å². The molecule has 1 aromatic rings. The Kier molecular flexibility index (Phi) is 2.38. The van der Waals surface area contributed by atoms with Crippen LogP contribution in [0.5, 0.6) is 5.75 Å². The van der Waals surface area contributed by atoms with Crippen molar-refractivity contribution in [3.63, 3.8) is 0 Å². The second-order valence-electron chi connectivity index (χ2n) is 2.24. The van der Waals surface area contributed by atoms with Crippen LogP contribution in [0, 0.1) is 11.6 Å². The molecular formula is C8H6F2O2. The van der Waals surface area contributed by atoms with Crippen LogP contribution in [0.2, 0.25) is 0 Å². The first-order valence-electron chi connectivity index (χ1n) is 3.26. The summed E-state index contributed by atoms with van der Waals surface area (Å²) in [6.45, 7) is 0. The van der Waals surface area contributed by atoms with E-state index in [1.807, 2.05) is 0 Å². The highest BCUT2D eigenvalue weighted by molar-refractivity contribution is 5.57. The van der Waals surface area contributed by atoms with Gasteiger partial charge in [0, 0.05) is 12.0 Å². The molecule has 0 amide bonds. The maximum absolute atomic E-state index is 12.6. The van der Waals surface area contributed by atoms with Gasteiger partial charge < -0.3 is 9.90 Å². The van der Waals surface area contributed by atoms with Gasteiger partial charge in [-0.25, -0.2) is 4.39 Å². The predicted molar refractivity (Wildman–Crippen MR) is 37.8 cm³/mol. The molecule has 12 heavy (non-hydrogen) atoms. The molecule has 4 heteroatoms. The average Bonchev–Trinajstić information content (AvgIpc) is 2.07. The summed E-state index contributed by atoms with van der Waals surface area (Å²) < 4.78 is 25.0. The molecule has 0 saturated carbocycles. The van der Waals surface area contributed by atoms with Gasteiger partial charge in [-0.1, -0.05) is 6.07 Å². The summed E-state index contributed by atoms with van der Waals surface area (Å²) in [7, 11) is 0. The van der Waals surface area contributed by atoms with Crippen LogP contribution in [0.4, 0.5) is 8.78 Å². The molecular weight excluding hydrogens is 166 g/mol. The van der Waals surface area contributed by atoms with Crippen LogP contribution in [0.15, 0.2) is 12.1 Å². The van der Waals surface area contributed by atoms with Crippen LogP contribution in [0.3, 0.4) is 0 Å². The maximum Gasteiger partial charge on any atom is 0.200 e. The van der Waals surface area contributed by atoms with Crippen molar-refractivity contribution >= 4 is 6.29 Å². The molecule has 0 aliphatic rings. The Morgan fingerprint density at radius 3 is 2.67 bits per heavy atom. The Morgan fingerprint density at radius 1 is 1.42 bits per heavy atom. The summed E-state index contributed by atoms with van der Waals surface area (Å²) in [5, 5.41) is 8.94. The fourth-order valence-electron chi connectivity index (χ4n) is 0.834. The monoisotopic (exact) mass is 172 g/mol. The number of rotatable bonds is 2. The Morgan fingerprint density at radius 2 is 2.08 bits per heavy atom. The molecule has 2 nitrogen and oxygen atoms in total. The number of halogens is 2. The van der Waals surface area contributed by atoms with E-state index in [4.69, 9.17) is 5.11 Å². The Labute approximate surface area is 67.4 Å². The number of carbonyl (C=O) groups excluding carboxylic acids is 1. The number of carbonyl (C=O) groups is 1. The number of benzene rings is 1. The lowest BCUT2D eigenvalue weighted by Crippen LogP contribution is -1.92. The molecule has 0 fully saturated rings. The zero-order valence-corrected chi connectivity index (χ0v) is 6.05. The van der Waals surface area contributed by atoms with Crippen LogP contribution in [-0.4, -0.2) is 11.4 Å². The Hall–Kier alpha value is -1.45. The van der Waals surface area contributed by atoms with E-state index in [-0.39, 0.29) is 12.0 Å². The topological polar surface area (TPSA) is 37.3 Å². The van der Waals surface area contributed by atoms with E-state index in [2.05, 4.69) is 0 Å². The van der Waals surface area contributed by atoms with Gasteiger partial charge in [-0.15, -0.1) is 0 Å². The summed E-state index contributed by atoms with van der Waals surface area (Å²) in [6.07, 6.45) is 0.384. The first-order chi connectivity index (χ1) is 5.66. The minimum absolute atomic E-state index is 0.0869. The van der Waals surface area contributed by atoms with Gasteiger partial charge in [0.05, 0.1) is 0 Å². The minimum atomic E-state index is -1.31. The minimum Gasteiger partial charge on any atom is -0.505 e. The summed E-state index contributed by atoms with van der Waals surface area (Å²) in [4.78, 5) is 10.00. The number of aldehydes is 1. The summed E-state index contributed by atoms with van der Waals surface area (Å²) >= 11 is 0. The third-order valence-electron chi connectivity index (χ3n) is 1.46. The molecule has 0 heterocycles. The highest BCUT2D eigenvalue weighted by Gasteiger charge is 2.11. The Balaban J connectivity index is 3.16. The highest BCUT2D eigenvalue weighted by atomic mass is 19.2. The number of aromatic hydroxyl groups is 1. The van der Waals surface area contributed by atoms with Gasteiger partial charge in [-0.3, -0.25) is 0 Å². The number of hydrogen-bond donors (Lipinski definition) is 1. The molecule has 0 atom stereocenters. The molecule has 1 rings (SSSR count). The van der Waals surface area contributed by atoms with Crippen LogP contribution in [0.1, 0.15) is 5.56 Å². The lowest BCUT2D eigenvalue weighted by molar-refractivity contribution is -0.107. The van der Waals surface area contributed by atoms with Gasteiger partial charge in [-0.05, 0) is 6.07 Å². The van der Waals surface area contributed by atoms with Gasteiger partial charge >= 0.3 is 0 Å². The molecule has 0 saturated heterocycles. The van der Waals surface area contributed by atoms with Gasteiger partial charge in [0.15, 0.2) is 11.6 Å². The van der Waals surface area contributed by atoms with E-state index in [0.29, 0.717) is 6.29 Å². The summed E-state index contributed by atoms with van der Waals surface area (Å²) in [6, 6.07) is 2.04. The van der Waals surface area contributed by atoms with Crippen molar-refractivity contribution < 1.29 is 18.7 Å². The van der Waals surface area contributed by atoms with E-state index in [1.165, 1.54) is 6.07 Å². The predicted octanol–water partition coefficient (Wildman–Crippen LogP) is 1.41. The number of phenolic OH excluding ortho intramolecular Hbond substituents is 1. The molecule has 0 spiro atoms. The quantitative estimate of drug-likeness (QED) is 0.685. The van der Waals surface area contributed by atoms with Crippen LogP contribution < -0.4 is 0 Å². The van der Waals surface area contributed by atoms with Gasteiger partial charge in [0.2, 0.25) is 5.82 Å². The fourth-order valence-corrected chi connectivity index (χ4v) is 0.834. The van der Waals surface area contributed by atoms with Crippen molar-refractivity contribution in [2.45, 2.75) is 6.42 Å². The molecule has 0 aliphatic carbocycles. The zero-order chi connectivity index (χ0) is 9.14. The van der Waals surface area contributed by atoms with Gasteiger partial charge in [0.1, 0.15) is 6.29 Å².